The standard InChI is InChI=1S/C19H16FNO4/c20-16-10-12(7-8-17(16)25-11-13-4-3-9-24-13)21-18(22)14-5-1-2-6-15(14)19(21)23/h1-2,5-8,10,13H,3-4,9,11H2. The van der Waals surface area contributed by atoms with Crippen molar-refractivity contribution in [1.82, 2.24) is 0 Å². The number of halogens is 1. The van der Waals surface area contributed by atoms with Crippen LogP contribution in [-0.2, 0) is 4.74 Å². The second-order valence-corrected chi connectivity index (χ2v) is 6.05. The number of amides is 2. The highest BCUT2D eigenvalue weighted by Crippen LogP contribution is 2.31. The average molecular weight is 341 g/mol. The molecule has 6 heteroatoms. The first-order valence-electron chi connectivity index (χ1n) is 8.17. The Kier molecular flexibility index (Phi) is 3.97. The summed E-state index contributed by atoms with van der Waals surface area (Å²) < 4.78 is 25.2. The molecule has 2 aliphatic heterocycles. The molecule has 2 aromatic carbocycles. The second kappa shape index (κ2) is 6.29. The van der Waals surface area contributed by atoms with Gasteiger partial charge < -0.3 is 9.47 Å². The molecule has 1 saturated heterocycles. The van der Waals surface area contributed by atoms with Crippen LogP contribution < -0.4 is 9.64 Å². The fourth-order valence-electron chi connectivity index (χ4n) is 3.13. The van der Waals surface area contributed by atoms with Crippen LogP contribution in [0.3, 0.4) is 0 Å². The molecule has 1 fully saturated rings. The minimum absolute atomic E-state index is 0.0182. The lowest BCUT2D eigenvalue weighted by molar-refractivity contribution is 0.0666. The van der Waals surface area contributed by atoms with Crippen molar-refractivity contribution < 1.29 is 23.5 Å². The van der Waals surface area contributed by atoms with Crippen molar-refractivity contribution in [1.29, 1.82) is 0 Å². The molecule has 128 valence electrons. The molecule has 0 N–H and O–H groups in total. The van der Waals surface area contributed by atoms with Gasteiger partial charge in [-0.15, -0.1) is 0 Å². The van der Waals surface area contributed by atoms with Crippen LogP contribution in [0.15, 0.2) is 42.5 Å². The monoisotopic (exact) mass is 341 g/mol. The molecule has 5 nitrogen and oxygen atoms in total. The third-order valence-corrected chi connectivity index (χ3v) is 4.42. The third-order valence-electron chi connectivity index (χ3n) is 4.42. The van der Waals surface area contributed by atoms with Crippen LogP contribution in [-0.4, -0.2) is 31.1 Å². The highest BCUT2D eigenvalue weighted by molar-refractivity contribution is 6.34. The van der Waals surface area contributed by atoms with Gasteiger partial charge in [-0.2, -0.15) is 0 Å². The number of hydrogen-bond acceptors (Lipinski definition) is 4. The molecular formula is C19H16FNO4. The van der Waals surface area contributed by atoms with E-state index in [4.69, 9.17) is 9.47 Å². The molecule has 1 unspecified atom stereocenters. The van der Waals surface area contributed by atoms with Crippen LogP contribution in [0.4, 0.5) is 10.1 Å². The summed E-state index contributed by atoms with van der Waals surface area (Å²) in [7, 11) is 0. The number of rotatable bonds is 4. The number of benzene rings is 2. The Bertz CT molecular complexity index is 810. The Labute approximate surface area is 144 Å². The van der Waals surface area contributed by atoms with Gasteiger partial charge in [-0.05, 0) is 37.1 Å². The van der Waals surface area contributed by atoms with Gasteiger partial charge in [0.2, 0.25) is 0 Å². The van der Waals surface area contributed by atoms with E-state index in [1.807, 2.05) is 0 Å². The molecule has 2 aromatic rings. The number of hydrogen-bond donors (Lipinski definition) is 0. The summed E-state index contributed by atoms with van der Waals surface area (Å²) in [6.07, 6.45) is 1.86. The molecule has 0 spiro atoms. The Balaban J connectivity index is 1.55. The maximum absolute atomic E-state index is 14.3. The number of anilines is 1. The fraction of sp³-hybridized carbons (Fsp3) is 0.263. The summed E-state index contributed by atoms with van der Waals surface area (Å²) >= 11 is 0. The van der Waals surface area contributed by atoms with Gasteiger partial charge in [0, 0.05) is 12.7 Å². The van der Waals surface area contributed by atoms with Gasteiger partial charge in [-0.3, -0.25) is 9.59 Å². The summed E-state index contributed by atoms with van der Waals surface area (Å²) in [5, 5.41) is 0. The van der Waals surface area contributed by atoms with Gasteiger partial charge in [0.25, 0.3) is 11.8 Å². The SMILES string of the molecule is O=C1c2ccccc2C(=O)N1c1ccc(OCC2CCCO2)c(F)c1. The lowest BCUT2D eigenvalue weighted by atomic mass is 10.1. The van der Waals surface area contributed by atoms with Gasteiger partial charge in [-0.1, -0.05) is 12.1 Å². The van der Waals surface area contributed by atoms with Crippen molar-refractivity contribution in [3.8, 4) is 5.75 Å². The van der Waals surface area contributed by atoms with Crippen LogP contribution in [0.2, 0.25) is 0 Å². The topological polar surface area (TPSA) is 55.8 Å². The van der Waals surface area contributed by atoms with Crippen molar-refractivity contribution in [2.24, 2.45) is 0 Å². The van der Waals surface area contributed by atoms with E-state index in [-0.39, 0.29) is 24.1 Å². The molecule has 0 aromatic heterocycles. The summed E-state index contributed by atoms with van der Waals surface area (Å²) in [5.41, 5.74) is 0.839. The summed E-state index contributed by atoms with van der Waals surface area (Å²) in [5.74, 6) is -1.44. The molecule has 0 aliphatic carbocycles. The Morgan fingerprint density at radius 3 is 2.44 bits per heavy atom. The average Bonchev–Trinajstić information content (AvgIpc) is 3.22. The van der Waals surface area contributed by atoms with E-state index >= 15 is 0 Å². The predicted octanol–water partition coefficient (Wildman–Crippen LogP) is 3.18. The number of ether oxygens (including phenoxy) is 2. The zero-order valence-electron chi connectivity index (χ0n) is 13.4. The lowest BCUT2D eigenvalue weighted by Gasteiger charge is -2.16. The predicted molar refractivity (Wildman–Crippen MR) is 88.5 cm³/mol. The van der Waals surface area contributed by atoms with Gasteiger partial charge in [0.1, 0.15) is 6.61 Å². The van der Waals surface area contributed by atoms with E-state index < -0.39 is 17.6 Å². The minimum atomic E-state index is -0.618. The van der Waals surface area contributed by atoms with E-state index in [0.717, 1.165) is 23.8 Å². The molecule has 4 rings (SSSR count). The van der Waals surface area contributed by atoms with Crippen LogP contribution in [0.25, 0.3) is 0 Å². The van der Waals surface area contributed by atoms with Gasteiger partial charge in [0.15, 0.2) is 11.6 Å². The first-order chi connectivity index (χ1) is 12.1. The Hall–Kier alpha value is -2.73. The van der Waals surface area contributed by atoms with Crippen molar-refractivity contribution in [3.05, 3.63) is 59.4 Å². The number of carbonyl (C=O) groups is 2. The number of imide groups is 1. The Morgan fingerprint density at radius 1 is 1.12 bits per heavy atom. The third kappa shape index (κ3) is 2.78. The zero-order valence-corrected chi connectivity index (χ0v) is 13.4. The van der Waals surface area contributed by atoms with Crippen LogP contribution in [0, 0.1) is 5.82 Å². The quantitative estimate of drug-likeness (QED) is 0.802. The van der Waals surface area contributed by atoms with Gasteiger partial charge in [-0.25, -0.2) is 9.29 Å². The van der Waals surface area contributed by atoms with Crippen molar-refractivity contribution in [2.45, 2.75) is 18.9 Å². The lowest BCUT2D eigenvalue weighted by Crippen LogP contribution is -2.29. The Morgan fingerprint density at radius 2 is 1.84 bits per heavy atom. The molecule has 0 saturated carbocycles. The zero-order chi connectivity index (χ0) is 17.4. The molecule has 25 heavy (non-hydrogen) atoms. The molecule has 1 atom stereocenters. The second-order valence-electron chi connectivity index (χ2n) is 6.05. The maximum atomic E-state index is 14.3. The van der Waals surface area contributed by atoms with E-state index in [2.05, 4.69) is 0 Å². The van der Waals surface area contributed by atoms with Crippen molar-refractivity contribution >= 4 is 17.5 Å². The van der Waals surface area contributed by atoms with E-state index in [9.17, 15) is 14.0 Å². The highest BCUT2D eigenvalue weighted by Gasteiger charge is 2.36. The van der Waals surface area contributed by atoms with Crippen molar-refractivity contribution in [2.75, 3.05) is 18.1 Å². The van der Waals surface area contributed by atoms with Crippen LogP contribution in [0.5, 0.6) is 5.75 Å². The van der Waals surface area contributed by atoms with Crippen LogP contribution >= 0.6 is 0 Å². The van der Waals surface area contributed by atoms with E-state index in [0.29, 0.717) is 17.7 Å². The molecule has 2 amide bonds. The fourth-order valence-corrected chi connectivity index (χ4v) is 3.13. The molecular weight excluding hydrogens is 325 g/mol. The summed E-state index contributed by atoms with van der Waals surface area (Å²) in [6.45, 7) is 0.985. The molecule has 2 heterocycles. The number of carbonyl (C=O) groups excluding carboxylic acids is 2. The van der Waals surface area contributed by atoms with Gasteiger partial charge >= 0.3 is 0 Å². The highest BCUT2D eigenvalue weighted by atomic mass is 19.1. The number of nitrogens with zero attached hydrogens (tertiary/aromatic N) is 1. The first kappa shape index (κ1) is 15.8. The number of fused-ring (bicyclic) bond motifs is 1. The normalized spacial score (nSPS) is 19.4. The van der Waals surface area contributed by atoms with Crippen molar-refractivity contribution in [3.63, 3.8) is 0 Å². The van der Waals surface area contributed by atoms with E-state index in [1.165, 1.54) is 12.1 Å². The first-order valence-corrected chi connectivity index (χ1v) is 8.17. The maximum Gasteiger partial charge on any atom is 0.266 e. The minimum Gasteiger partial charge on any atom is -0.488 e. The molecule has 0 radical (unpaired) electrons. The van der Waals surface area contributed by atoms with Gasteiger partial charge in [0.05, 0.1) is 22.9 Å². The summed E-state index contributed by atoms with van der Waals surface area (Å²) in [6, 6.07) is 10.6. The smallest absolute Gasteiger partial charge is 0.266 e. The van der Waals surface area contributed by atoms with E-state index in [1.54, 1.807) is 24.3 Å². The summed E-state index contributed by atoms with van der Waals surface area (Å²) in [4.78, 5) is 25.9. The molecule has 2 aliphatic rings. The largest absolute Gasteiger partial charge is 0.488 e. The van der Waals surface area contributed by atoms with Crippen LogP contribution in [0.1, 0.15) is 33.6 Å². The molecule has 0 bridgehead atoms.